The summed E-state index contributed by atoms with van der Waals surface area (Å²) in [7, 11) is 0. The zero-order valence-corrected chi connectivity index (χ0v) is 15.3. The quantitative estimate of drug-likeness (QED) is 0.823. The highest BCUT2D eigenvalue weighted by molar-refractivity contribution is 6.06. The number of carbonyl (C=O) groups excluding carboxylic acids is 2. The van der Waals surface area contributed by atoms with Gasteiger partial charge in [0.1, 0.15) is 6.04 Å². The van der Waals surface area contributed by atoms with Crippen molar-refractivity contribution in [3.05, 3.63) is 30.0 Å². The van der Waals surface area contributed by atoms with Crippen molar-refractivity contribution in [3.63, 3.8) is 0 Å². The Morgan fingerprint density at radius 3 is 2.77 bits per heavy atom. The number of fused-ring (bicyclic) bond motifs is 1. The highest BCUT2D eigenvalue weighted by Crippen LogP contribution is 2.21. The predicted molar refractivity (Wildman–Crippen MR) is 98.6 cm³/mol. The van der Waals surface area contributed by atoms with Crippen LogP contribution in [0, 0.1) is 5.92 Å². The number of benzene rings is 1. The van der Waals surface area contributed by atoms with Crippen LogP contribution in [0.15, 0.2) is 24.3 Å². The van der Waals surface area contributed by atoms with Gasteiger partial charge in [0.15, 0.2) is 5.69 Å². The zero-order valence-electron chi connectivity index (χ0n) is 15.3. The number of hydrogen-bond acceptors (Lipinski definition) is 4. The molecular weight excluding hydrogens is 332 g/mol. The monoisotopic (exact) mass is 358 g/mol. The Hall–Kier alpha value is -2.41. The fraction of sp³-hybridized carbons (Fsp3) is 0.526. The van der Waals surface area contributed by atoms with Gasteiger partial charge in [0.25, 0.3) is 5.91 Å². The van der Waals surface area contributed by atoms with Crippen LogP contribution in [0.1, 0.15) is 43.6 Å². The lowest BCUT2D eigenvalue weighted by Gasteiger charge is -2.22. The number of nitrogens with zero attached hydrogens (tertiary/aromatic N) is 2. The number of para-hydroxylation sites is 1. The minimum Gasteiger partial charge on any atom is -0.376 e. The van der Waals surface area contributed by atoms with Gasteiger partial charge in [0, 0.05) is 12.0 Å². The first-order valence-corrected chi connectivity index (χ1v) is 9.14. The van der Waals surface area contributed by atoms with E-state index in [9.17, 15) is 9.59 Å². The Balaban J connectivity index is 1.88. The third kappa shape index (κ3) is 3.88. The molecule has 26 heavy (non-hydrogen) atoms. The van der Waals surface area contributed by atoms with Gasteiger partial charge in [-0.1, -0.05) is 32.0 Å². The van der Waals surface area contributed by atoms with Gasteiger partial charge < -0.3 is 15.8 Å². The molecule has 2 aromatic rings. The topological polar surface area (TPSA) is 99.2 Å². The summed E-state index contributed by atoms with van der Waals surface area (Å²) >= 11 is 0. The van der Waals surface area contributed by atoms with Crippen LogP contribution in [0.3, 0.4) is 0 Å². The van der Waals surface area contributed by atoms with Crippen molar-refractivity contribution >= 4 is 22.7 Å². The van der Waals surface area contributed by atoms with Crippen LogP contribution in [-0.4, -0.2) is 40.3 Å². The van der Waals surface area contributed by atoms with Crippen LogP contribution in [-0.2, 0) is 16.1 Å². The van der Waals surface area contributed by atoms with E-state index in [1.165, 1.54) is 0 Å². The molecule has 2 amide bonds. The molecular formula is C19H26N4O3. The third-order valence-corrected chi connectivity index (χ3v) is 4.78. The predicted octanol–water partition coefficient (Wildman–Crippen LogP) is 1.85. The van der Waals surface area contributed by atoms with E-state index in [0.29, 0.717) is 12.2 Å². The molecule has 2 heterocycles. The van der Waals surface area contributed by atoms with E-state index in [-0.39, 0.29) is 17.9 Å². The van der Waals surface area contributed by atoms with E-state index in [1.807, 2.05) is 42.8 Å². The molecule has 2 unspecified atom stereocenters. The molecule has 2 atom stereocenters. The second-order valence-electron chi connectivity index (χ2n) is 7.13. The van der Waals surface area contributed by atoms with E-state index < -0.39 is 11.9 Å². The number of ether oxygens (including phenoxy) is 1. The molecule has 1 fully saturated rings. The van der Waals surface area contributed by atoms with Gasteiger partial charge in [-0.15, -0.1) is 0 Å². The first kappa shape index (κ1) is 18.4. The summed E-state index contributed by atoms with van der Waals surface area (Å²) in [5, 5.41) is 8.01. The number of amides is 2. The van der Waals surface area contributed by atoms with Crippen molar-refractivity contribution in [3.8, 4) is 0 Å². The number of aromatic nitrogens is 2. The molecule has 7 nitrogen and oxygen atoms in total. The van der Waals surface area contributed by atoms with Crippen LogP contribution >= 0.6 is 0 Å². The van der Waals surface area contributed by atoms with Crippen molar-refractivity contribution in [1.29, 1.82) is 0 Å². The highest BCUT2D eigenvalue weighted by atomic mass is 16.5. The van der Waals surface area contributed by atoms with Gasteiger partial charge in [-0.2, -0.15) is 5.10 Å². The lowest BCUT2D eigenvalue weighted by molar-refractivity contribution is -0.120. The Morgan fingerprint density at radius 1 is 1.35 bits per heavy atom. The van der Waals surface area contributed by atoms with Crippen molar-refractivity contribution < 1.29 is 14.3 Å². The molecule has 3 N–H and O–H groups in total. The second-order valence-corrected chi connectivity index (χ2v) is 7.13. The Bertz CT molecular complexity index is 793. The highest BCUT2D eigenvalue weighted by Gasteiger charge is 2.26. The molecule has 1 aromatic carbocycles. The summed E-state index contributed by atoms with van der Waals surface area (Å²) in [6, 6.07) is 6.87. The lowest BCUT2D eigenvalue weighted by Crippen LogP contribution is -2.47. The SMILES string of the molecule is CC(C)C(NC(=O)c1nn(CC2CCCCO2)c2ccccc12)C(N)=O. The van der Waals surface area contributed by atoms with Crippen molar-refractivity contribution in [1.82, 2.24) is 15.1 Å². The minimum atomic E-state index is -0.729. The number of carbonyl (C=O) groups is 2. The molecule has 0 saturated carbocycles. The molecule has 0 bridgehead atoms. The van der Waals surface area contributed by atoms with E-state index in [1.54, 1.807) is 0 Å². The Morgan fingerprint density at radius 2 is 2.12 bits per heavy atom. The molecule has 0 radical (unpaired) electrons. The molecule has 0 spiro atoms. The number of hydrogen-bond donors (Lipinski definition) is 2. The van der Waals surface area contributed by atoms with Gasteiger partial charge in [-0.3, -0.25) is 14.3 Å². The van der Waals surface area contributed by atoms with E-state index in [2.05, 4.69) is 10.4 Å². The molecule has 7 heteroatoms. The minimum absolute atomic E-state index is 0.0968. The van der Waals surface area contributed by atoms with E-state index in [0.717, 1.165) is 36.8 Å². The summed E-state index contributed by atoms with van der Waals surface area (Å²) in [5.74, 6) is -1.03. The second kappa shape index (κ2) is 7.86. The maximum atomic E-state index is 12.8. The number of nitrogens with one attached hydrogen (secondary N) is 1. The van der Waals surface area contributed by atoms with Crippen molar-refractivity contribution in [2.45, 2.75) is 51.8 Å². The van der Waals surface area contributed by atoms with Crippen LogP contribution in [0.5, 0.6) is 0 Å². The van der Waals surface area contributed by atoms with Gasteiger partial charge >= 0.3 is 0 Å². The summed E-state index contributed by atoms with van der Waals surface area (Å²) in [6.45, 7) is 5.06. The smallest absolute Gasteiger partial charge is 0.273 e. The van der Waals surface area contributed by atoms with Crippen molar-refractivity contribution in [2.75, 3.05) is 6.61 Å². The van der Waals surface area contributed by atoms with E-state index >= 15 is 0 Å². The largest absolute Gasteiger partial charge is 0.376 e. The molecule has 3 rings (SSSR count). The average Bonchev–Trinajstić information content (AvgIpc) is 2.99. The fourth-order valence-electron chi connectivity index (χ4n) is 3.35. The maximum Gasteiger partial charge on any atom is 0.273 e. The molecule has 140 valence electrons. The maximum absolute atomic E-state index is 12.8. The standard InChI is InChI=1S/C19H26N4O3/c1-12(2)16(18(20)24)21-19(25)17-14-8-3-4-9-15(14)23(22-17)11-13-7-5-6-10-26-13/h3-4,8-9,12-13,16H,5-7,10-11H2,1-2H3,(H2,20,24)(H,21,25). The average molecular weight is 358 g/mol. The summed E-state index contributed by atoms with van der Waals surface area (Å²) in [5.41, 5.74) is 6.60. The Labute approximate surface area is 152 Å². The van der Waals surface area contributed by atoms with Crippen LogP contribution in [0.25, 0.3) is 10.9 Å². The summed E-state index contributed by atoms with van der Waals surface area (Å²) in [4.78, 5) is 24.4. The Kier molecular flexibility index (Phi) is 5.56. The van der Waals surface area contributed by atoms with Crippen LogP contribution < -0.4 is 11.1 Å². The first-order valence-electron chi connectivity index (χ1n) is 9.14. The van der Waals surface area contributed by atoms with Gasteiger partial charge in [-0.25, -0.2) is 0 Å². The number of rotatable bonds is 6. The molecule has 0 aliphatic carbocycles. The first-order chi connectivity index (χ1) is 12.5. The zero-order chi connectivity index (χ0) is 18.7. The molecule has 1 saturated heterocycles. The summed E-state index contributed by atoms with van der Waals surface area (Å²) in [6.07, 6.45) is 3.34. The molecule has 1 aromatic heterocycles. The lowest BCUT2D eigenvalue weighted by atomic mass is 10.0. The van der Waals surface area contributed by atoms with Crippen molar-refractivity contribution in [2.24, 2.45) is 11.7 Å². The number of nitrogens with two attached hydrogens (primary N) is 1. The fourth-order valence-corrected chi connectivity index (χ4v) is 3.35. The molecule has 1 aliphatic heterocycles. The molecule has 1 aliphatic rings. The van der Waals surface area contributed by atoms with Gasteiger partial charge in [0.05, 0.1) is 18.2 Å². The normalized spacial score (nSPS) is 18.8. The van der Waals surface area contributed by atoms with Crippen LogP contribution in [0.2, 0.25) is 0 Å². The van der Waals surface area contributed by atoms with Gasteiger partial charge in [0.2, 0.25) is 5.91 Å². The van der Waals surface area contributed by atoms with E-state index in [4.69, 9.17) is 10.5 Å². The summed E-state index contributed by atoms with van der Waals surface area (Å²) < 4.78 is 7.63. The van der Waals surface area contributed by atoms with Gasteiger partial charge in [-0.05, 0) is 31.2 Å². The third-order valence-electron chi connectivity index (χ3n) is 4.78. The number of primary amides is 1. The van der Waals surface area contributed by atoms with Crippen LogP contribution in [0.4, 0.5) is 0 Å².